The van der Waals surface area contributed by atoms with Gasteiger partial charge in [-0.05, 0) is 6.42 Å². The lowest BCUT2D eigenvalue weighted by Crippen LogP contribution is -2.34. The Morgan fingerprint density at radius 1 is 0.857 bits per heavy atom. The van der Waals surface area contributed by atoms with Crippen LogP contribution in [0.4, 0.5) is 0 Å². The molecule has 1 fully saturated rings. The zero-order valence-electron chi connectivity index (χ0n) is 18.7. The SMILES string of the molecule is CCCCCCCCCCCCCCCCCC(=O)O[C@H]1C(=O)OCC1(C)C. The Morgan fingerprint density at radius 2 is 1.29 bits per heavy atom. The summed E-state index contributed by atoms with van der Waals surface area (Å²) in [6.45, 7) is 6.38. The first-order valence-electron chi connectivity index (χ1n) is 11.8. The Kier molecular flexibility index (Phi) is 13.3. The minimum absolute atomic E-state index is 0.272. The van der Waals surface area contributed by atoms with Crippen molar-refractivity contribution in [2.75, 3.05) is 6.61 Å². The van der Waals surface area contributed by atoms with Gasteiger partial charge in [0, 0.05) is 11.8 Å². The number of carbonyl (C=O) groups excluding carboxylic acids is 2. The summed E-state index contributed by atoms with van der Waals surface area (Å²) in [4.78, 5) is 23.6. The van der Waals surface area contributed by atoms with Crippen LogP contribution in [-0.4, -0.2) is 24.6 Å². The molecule has 0 spiro atoms. The van der Waals surface area contributed by atoms with Crippen molar-refractivity contribution in [3.63, 3.8) is 0 Å². The van der Waals surface area contributed by atoms with Gasteiger partial charge in [0.2, 0.25) is 6.10 Å². The lowest BCUT2D eigenvalue weighted by molar-refractivity contribution is -0.163. The molecule has 164 valence electrons. The number of ether oxygens (including phenoxy) is 2. The van der Waals surface area contributed by atoms with Gasteiger partial charge in [0.25, 0.3) is 0 Å². The van der Waals surface area contributed by atoms with Crippen LogP contribution in [0.1, 0.15) is 124 Å². The van der Waals surface area contributed by atoms with Crippen molar-refractivity contribution < 1.29 is 19.1 Å². The molecule has 4 nitrogen and oxygen atoms in total. The van der Waals surface area contributed by atoms with E-state index in [9.17, 15) is 9.59 Å². The molecule has 0 aliphatic carbocycles. The third-order valence-electron chi connectivity index (χ3n) is 5.74. The molecule has 4 heteroatoms. The quantitative estimate of drug-likeness (QED) is 0.202. The van der Waals surface area contributed by atoms with Crippen LogP contribution in [0.3, 0.4) is 0 Å². The molecule has 0 aromatic rings. The monoisotopic (exact) mass is 396 g/mol. The average Bonchev–Trinajstić information content (AvgIpc) is 2.91. The maximum atomic E-state index is 11.9. The predicted molar refractivity (Wildman–Crippen MR) is 114 cm³/mol. The second-order valence-electron chi connectivity index (χ2n) is 9.17. The van der Waals surface area contributed by atoms with E-state index in [-0.39, 0.29) is 5.97 Å². The first-order chi connectivity index (χ1) is 13.5. The lowest BCUT2D eigenvalue weighted by atomic mass is 9.90. The molecule has 1 rings (SSSR count). The highest BCUT2D eigenvalue weighted by atomic mass is 16.6. The highest BCUT2D eigenvalue weighted by Crippen LogP contribution is 2.31. The van der Waals surface area contributed by atoms with Crippen LogP contribution in [0.2, 0.25) is 0 Å². The smallest absolute Gasteiger partial charge is 0.348 e. The molecule has 28 heavy (non-hydrogen) atoms. The van der Waals surface area contributed by atoms with Crippen molar-refractivity contribution in [3.8, 4) is 0 Å². The fourth-order valence-corrected chi connectivity index (χ4v) is 3.77. The van der Waals surface area contributed by atoms with Crippen LogP contribution in [0, 0.1) is 5.41 Å². The first-order valence-corrected chi connectivity index (χ1v) is 11.8. The molecule has 0 amide bonds. The summed E-state index contributed by atoms with van der Waals surface area (Å²) in [6, 6.07) is 0. The lowest BCUT2D eigenvalue weighted by Gasteiger charge is -2.21. The van der Waals surface area contributed by atoms with Gasteiger partial charge in [0.15, 0.2) is 0 Å². The van der Waals surface area contributed by atoms with Gasteiger partial charge in [-0.3, -0.25) is 4.79 Å². The molecule has 1 atom stereocenters. The van der Waals surface area contributed by atoms with Crippen molar-refractivity contribution in [3.05, 3.63) is 0 Å². The van der Waals surface area contributed by atoms with Crippen LogP contribution in [0.5, 0.6) is 0 Å². The molecular weight excluding hydrogens is 352 g/mol. The van der Waals surface area contributed by atoms with E-state index in [0.29, 0.717) is 13.0 Å². The minimum Gasteiger partial charge on any atom is -0.462 e. The Morgan fingerprint density at radius 3 is 1.68 bits per heavy atom. The molecule has 1 saturated heterocycles. The van der Waals surface area contributed by atoms with Crippen LogP contribution in [0.25, 0.3) is 0 Å². The van der Waals surface area contributed by atoms with E-state index in [1.54, 1.807) is 0 Å². The summed E-state index contributed by atoms with van der Waals surface area (Å²) in [7, 11) is 0. The maximum absolute atomic E-state index is 11.9. The molecule has 1 aliphatic heterocycles. The first kappa shape index (κ1) is 25.0. The van der Waals surface area contributed by atoms with E-state index in [0.717, 1.165) is 12.8 Å². The fraction of sp³-hybridized carbons (Fsp3) is 0.917. The topological polar surface area (TPSA) is 52.6 Å². The van der Waals surface area contributed by atoms with E-state index >= 15 is 0 Å². The maximum Gasteiger partial charge on any atom is 0.348 e. The van der Waals surface area contributed by atoms with Gasteiger partial charge in [0.05, 0.1) is 0 Å². The summed E-state index contributed by atoms with van der Waals surface area (Å²) in [5.41, 5.74) is -0.415. The molecule has 0 radical (unpaired) electrons. The molecule has 0 N–H and O–H groups in total. The summed E-state index contributed by atoms with van der Waals surface area (Å²) in [5, 5.41) is 0. The summed E-state index contributed by atoms with van der Waals surface area (Å²) >= 11 is 0. The standard InChI is InChI=1S/C24H44O4/c1-4-5-6-7-8-9-10-11-12-13-14-15-16-17-18-19-21(25)28-22-23(26)27-20-24(22,2)3/h22H,4-20H2,1-3H3/t22-/m0/s1. The Bertz CT molecular complexity index is 430. The van der Waals surface area contributed by atoms with Gasteiger partial charge in [-0.1, -0.05) is 111 Å². The van der Waals surface area contributed by atoms with Gasteiger partial charge in [-0.2, -0.15) is 0 Å². The van der Waals surface area contributed by atoms with E-state index in [2.05, 4.69) is 6.92 Å². The number of esters is 2. The third kappa shape index (κ3) is 11.1. The number of rotatable bonds is 17. The highest BCUT2D eigenvalue weighted by molar-refractivity contribution is 5.81. The summed E-state index contributed by atoms with van der Waals surface area (Å²) < 4.78 is 10.3. The van der Waals surface area contributed by atoms with Crippen molar-refractivity contribution in [2.45, 2.75) is 130 Å². The van der Waals surface area contributed by atoms with Crippen LogP contribution in [-0.2, 0) is 19.1 Å². The fourth-order valence-electron chi connectivity index (χ4n) is 3.77. The Hall–Kier alpha value is -1.06. The van der Waals surface area contributed by atoms with E-state index in [1.807, 2.05) is 13.8 Å². The Balaban J connectivity index is 1.85. The van der Waals surface area contributed by atoms with Crippen LogP contribution < -0.4 is 0 Å². The largest absolute Gasteiger partial charge is 0.462 e. The molecule has 0 aromatic heterocycles. The van der Waals surface area contributed by atoms with Crippen molar-refractivity contribution >= 4 is 11.9 Å². The predicted octanol–water partition coefficient (Wildman–Crippen LogP) is 6.74. The number of carbonyl (C=O) groups is 2. The van der Waals surface area contributed by atoms with Crippen molar-refractivity contribution in [1.29, 1.82) is 0 Å². The molecule has 0 aromatic carbocycles. The van der Waals surface area contributed by atoms with Gasteiger partial charge in [-0.15, -0.1) is 0 Å². The second-order valence-corrected chi connectivity index (χ2v) is 9.17. The molecule has 1 aliphatic rings. The molecular formula is C24H44O4. The zero-order chi connectivity index (χ0) is 20.7. The normalized spacial score (nSPS) is 18.2. The minimum atomic E-state index is -0.739. The third-order valence-corrected chi connectivity index (χ3v) is 5.74. The molecule has 1 heterocycles. The number of unbranched alkanes of at least 4 members (excludes halogenated alkanes) is 14. The second kappa shape index (κ2) is 14.9. The van der Waals surface area contributed by atoms with Gasteiger partial charge in [-0.25, -0.2) is 4.79 Å². The number of hydrogen-bond donors (Lipinski definition) is 0. The molecule has 0 unspecified atom stereocenters. The summed E-state index contributed by atoms with van der Waals surface area (Å²) in [6.07, 6.45) is 19.2. The van der Waals surface area contributed by atoms with E-state index < -0.39 is 17.5 Å². The summed E-state index contributed by atoms with van der Waals surface area (Å²) in [5.74, 6) is -0.679. The van der Waals surface area contributed by atoms with Crippen LogP contribution >= 0.6 is 0 Å². The highest BCUT2D eigenvalue weighted by Gasteiger charge is 2.46. The number of cyclic esters (lactones) is 1. The average molecular weight is 397 g/mol. The van der Waals surface area contributed by atoms with Crippen molar-refractivity contribution in [1.82, 2.24) is 0 Å². The van der Waals surface area contributed by atoms with E-state index in [1.165, 1.54) is 83.5 Å². The molecule has 0 bridgehead atoms. The van der Waals surface area contributed by atoms with Crippen LogP contribution in [0.15, 0.2) is 0 Å². The van der Waals surface area contributed by atoms with Gasteiger partial charge in [0.1, 0.15) is 6.61 Å². The van der Waals surface area contributed by atoms with Crippen molar-refractivity contribution in [2.24, 2.45) is 5.41 Å². The molecule has 0 saturated carbocycles. The number of hydrogen-bond acceptors (Lipinski definition) is 4. The van der Waals surface area contributed by atoms with Gasteiger partial charge < -0.3 is 9.47 Å². The van der Waals surface area contributed by atoms with E-state index in [4.69, 9.17) is 9.47 Å². The van der Waals surface area contributed by atoms with Gasteiger partial charge >= 0.3 is 11.9 Å². The Labute approximate surface area is 173 Å². The zero-order valence-corrected chi connectivity index (χ0v) is 18.7.